The third kappa shape index (κ3) is 5.41. The average molecular weight is 278 g/mol. The van der Waals surface area contributed by atoms with Crippen molar-refractivity contribution in [3.63, 3.8) is 0 Å². The first-order valence-electron chi connectivity index (χ1n) is 3.29. The fourth-order valence-electron chi connectivity index (χ4n) is 0.533. The molecule has 0 atom stereocenters. The molecule has 14 heavy (non-hydrogen) atoms. The normalized spacial score (nSPS) is 14.6. The topological polar surface area (TPSA) is 0 Å². The number of alkyl halides is 8. The van der Waals surface area contributed by atoms with Gasteiger partial charge in [0.05, 0.1) is 0 Å². The van der Waals surface area contributed by atoms with Crippen molar-refractivity contribution in [1.82, 2.24) is 0 Å². The van der Waals surface area contributed by atoms with E-state index in [1.165, 1.54) is 0 Å². The quantitative estimate of drug-likeness (QED) is 0.525. The lowest BCUT2D eigenvalue weighted by Crippen LogP contribution is -2.36. The Bertz CT molecular complexity index is 183. The van der Waals surface area contributed by atoms with Gasteiger partial charge in [-0.05, 0) is 12.8 Å². The summed E-state index contributed by atoms with van der Waals surface area (Å²) in [5, 5.41) is 0. The number of rotatable bonds is 3. The van der Waals surface area contributed by atoms with E-state index in [-0.39, 0.29) is 0 Å². The molecule has 0 aromatic rings. The molecule has 0 rings (SSSR count). The smallest absolute Gasteiger partial charge is 0.196 e. The van der Waals surface area contributed by atoms with E-state index in [4.69, 9.17) is 34.8 Å². The van der Waals surface area contributed by atoms with Gasteiger partial charge >= 0.3 is 12.1 Å². The summed E-state index contributed by atoms with van der Waals surface area (Å²) in [6, 6.07) is 0. The van der Waals surface area contributed by atoms with Crippen LogP contribution in [0.3, 0.4) is 0 Å². The molecule has 85 valence electrons. The van der Waals surface area contributed by atoms with Crippen LogP contribution in [0.2, 0.25) is 0 Å². The van der Waals surface area contributed by atoms with Crippen molar-refractivity contribution in [3.05, 3.63) is 6.42 Å². The van der Waals surface area contributed by atoms with E-state index in [0.29, 0.717) is 6.42 Å². The van der Waals surface area contributed by atoms with Gasteiger partial charge in [0.15, 0.2) is 3.79 Å². The van der Waals surface area contributed by atoms with Crippen LogP contribution in [0.4, 0.5) is 22.0 Å². The molecule has 0 aromatic carbocycles. The van der Waals surface area contributed by atoms with Crippen LogP contribution in [0.25, 0.3) is 0 Å². The lowest BCUT2D eigenvalue weighted by molar-refractivity contribution is -0.281. The molecule has 0 amide bonds. The Labute approximate surface area is 92.3 Å². The highest BCUT2D eigenvalue weighted by Gasteiger charge is 2.56. The van der Waals surface area contributed by atoms with Gasteiger partial charge in [0.2, 0.25) is 0 Å². The molecule has 0 nitrogen and oxygen atoms in total. The molecule has 0 bridgehead atoms. The Morgan fingerprint density at radius 3 is 1.57 bits per heavy atom. The monoisotopic (exact) mass is 277 g/mol. The number of halogens is 8. The predicted molar refractivity (Wildman–Crippen MR) is 44.8 cm³/mol. The minimum atomic E-state index is -5.57. The van der Waals surface area contributed by atoms with Crippen LogP contribution in [0.5, 0.6) is 0 Å². The maximum atomic E-state index is 12.2. The van der Waals surface area contributed by atoms with Crippen LogP contribution >= 0.6 is 34.8 Å². The Kier molecular flexibility index (Phi) is 4.75. The highest BCUT2D eigenvalue weighted by Crippen LogP contribution is 2.40. The molecule has 0 saturated heterocycles. The van der Waals surface area contributed by atoms with Crippen LogP contribution in [-0.4, -0.2) is 15.9 Å². The molecule has 0 fully saturated rings. The minimum absolute atomic E-state index is 0.469. The van der Waals surface area contributed by atoms with E-state index in [9.17, 15) is 22.0 Å². The maximum absolute atomic E-state index is 12.2. The molecule has 0 aliphatic heterocycles. The van der Waals surface area contributed by atoms with Gasteiger partial charge in [-0.2, -0.15) is 22.0 Å². The molecular formula is C6H5Cl3F5. The van der Waals surface area contributed by atoms with E-state index in [0.717, 1.165) is 0 Å². The van der Waals surface area contributed by atoms with Crippen LogP contribution in [0.1, 0.15) is 12.8 Å². The lowest BCUT2D eigenvalue weighted by atomic mass is 10.1. The van der Waals surface area contributed by atoms with Crippen LogP contribution in [-0.2, 0) is 0 Å². The fraction of sp³-hybridized carbons (Fsp3) is 0.833. The Morgan fingerprint density at radius 1 is 0.857 bits per heavy atom. The Hall–Kier alpha value is 0.520. The van der Waals surface area contributed by atoms with Crippen molar-refractivity contribution in [2.24, 2.45) is 0 Å². The van der Waals surface area contributed by atoms with Crippen molar-refractivity contribution in [2.75, 3.05) is 0 Å². The first-order valence-corrected chi connectivity index (χ1v) is 4.42. The maximum Gasteiger partial charge on any atom is 0.453 e. The summed E-state index contributed by atoms with van der Waals surface area (Å²) in [6.07, 6.45) is -6.94. The molecule has 0 spiro atoms. The Balaban J connectivity index is 4.02. The summed E-state index contributed by atoms with van der Waals surface area (Å²) in [7, 11) is 0. The van der Waals surface area contributed by atoms with Gasteiger partial charge in [0.25, 0.3) is 0 Å². The molecule has 0 aliphatic carbocycles. The van der Waals surface area contributed by atoms with Gasteiger partial charge in [-0.3, -0.25) is 0 Å². The third-order valence-corrected chi connectivity index (χ3v) is 1.65. The summed E-state index contributed by atoms with van der Waals surface area (Å²) in [6.45, 7) is 0. The third-order valence-electron chi connectivity index (χ3n) is 1.19. The van der Waals surface area contributed by atoms with E-state index in [2.05, 4.69) is 0 Å². The van der Waals surface area contributed by atoms with Gasteiger partial charge in [-0.15, -0.1) is 0 Å². The molecule has 0 aliphatic rings. The standard InChI is InChI=1S/C6H5Cl3F5/c7-5(8,9)3-1-2-4(10,11)6(12,13)14/h1H,2-3H2. The summed E-state index contributed by atoms with van der Waals surface area (Å²) in [5.74, 6) is -4.77. The molecule has 0 N–H and O–H groups in total. The highest BCUT2D eigenvalue weighted by molar-refractivity contribution is 6.67. The van der Waals surface area contributed by atoms with E-state index in [1.54, 1.807) is 0 Å². The van der Waals surface area contributed by atoms with Gasteiger partial charge in [-0.25, -0.2) is 0 Å². The van der Waals surface area contributed by atoms with Crippen molar-refractivity contribution >= 4 is 34.8 Å². The Morgan fingerprint density at radius 2 is 1.29 bits per heavy atom. The molecule has 1 radical (unpaired) electrons. The van der Waals surface area contributed by atoms with Gasteiger partial charge in [0, 0.05) is 6.42 Å². The molecule has 0 unspecified atom stereocenters. The van der Waals surface area contributed by atoms with E-state index in [1.807, 2.05) is 0 Å². The zero-order valence-electron chi connectivity index (χ0n) is 6.52. The number of hydrogen-bond acceptors (Lipinski definition) is 0. The summed E-state index contributed by atoms with van der Waals surface area (Å²) >= 11 is 15.4. The van der Waals surface area contributed by atoms with Crippen molar-refractivity contribution < 1.29 is 22.0 Å². The predicted octanol–water partition coefficient (Wildman–Crippen LogP) is 4.54. The van der Waals surface area contributed by atoms with Crippen molar-refractivity contribution in [1.29, 1.82) is 0 Å². The minimum Gasteiger partial charge on any atom is -0.196 e. The first kappa shape index (κ1) is 14.5. The summed E-state index contributed by atoms with van der Waals surface area (Å²) < 4.78 is 57.3. The molecule has 8 heteroatoms. The average Bonchev–Trinajstić information content (AvgIpc) is 1.80. The van der Waals surface area contributed by atoms with Gasteiger partial charge in [0.1, 0.15) is 0 Å². The highest BCUT2D eigenvalue weighted by atomic mass is 35.6. The summed E-state index contributed by atoms with van der Waals surface area (Å²) in [5.41, 5.74) is 0. The largest absolute Gasteiger partial charge is 0.453 e. The first-order chi connectivity index (χ1) is 5.96. The van der Waals surface area contributed by atoms with Crippen molar-refractivity contribution in [2.45, 2.75) is 28.7 Å². The second-order valence-electron chi connectivity index (χ2n) is 2.51. The van der Waals surface area contributed by atoms with Crippen LogP contribution < -0.4 is 0 Å². The second-order valence-corrected chi connectivity index (χ2v) is 5.03. The summed E-state index contributed by atoms with van der Waals surface area (Å²) in [4.78, 5) is 0. The van der Waals surface area contributed by atoms with Crippen LogP contribution in [0, 0.1) is 6.42 Å². The molecule has 0 aromatic heterocycles. The zero-order chi connectivity index (χ0) is 11.6. The fourth-order valence-corrected chi connectivity index (χ4v) is 0.860. The van der Waals surface area contributed by atoms with Crippen LogP contribution in [0.15, 0.2) is 0 Å². The SMILES string of the molecule is FC(F)(F)C(F)(F)C[CH]CC(Cl)(Cl)Cl. The van der Waals surface area contributed by atoms with Crippen molar-refractivity contribution in [3.8, 4) is 0 Å². The number of hydrogen-bond donors (Lipinski definition) is 0. The molecule has 0 saturated carbocycles. The van der Waals surface area contributed by atoms with E-state index < -0.39 is 28.7 Å². The molecule has 0 heterocycles. The second kappa shape index (κ2) is 4.58. The van der Waals surface area contributed by atoms with Gasteiger partial charge < -0.3 is 0 Å². The zero-order valence-corrected chi connectivity index (χ0v) is 8.78. The molecular weight excluding hydrogens is 273 g/mol. The van der Waals surface area contributed by atoms with E-state index >= 15 is 0 Å². The lowest BCUT2D eigenvalue weighted by Gasteiger charge is -2.20. The van der Waals surface area contributed by atoms with Gasteiger partial charge in [-0.1, -0.05) is 34.8 Å².